The predicted molar refractivity (Wildman–Crippen MR) is 77.7 cm³/mol. The number of anilines is 1. The zero-order valence-electron chi connectivity index (χ0n) is 11.6. The molecule has 5 heteroatoms. The summed E-state index contributed by atoms with van der Waals surface area (Å²) in [6, 6.07) is 7.08. The summed E-state index contributed by atoms with van der Waals surface area (Å²) in [6.07, 6.45) is 1.69. The van der Waals surface area contributed by atoms with Gasteiger partial charge in [-0.2, -0.15) is 5.26 Å². The molecule has 1 atom stereocenters. The average Bonchev–Trinajstić information content (AvgIpc) is 3.27. The van der Waals surface area contributed by atoms with Gasteiger partial charge >= 0.3 is 0 Å². The molecule has 2 rings (SSSR count). The van der Waals surface area contributed by atoms with E-state index in [1.165, 1.54) is 7.11 Å². The number of nitriles is 1. The van der Waals surface area contributed by atoms with Crippen LogP contribution in [0.1, 0.15) is 25.3 Å². The van der Waals surface area contributed by atoms with Crippen molar-refractivity contribution in [3.63, 3.8) is 0 Å². The van der Waals surface area contributed by atoms with E-state index in [1.54, 1.807) is 30.0 Å². The third kappa shape index (κ3) is 3.30. The summed E-state index contributed by atoms with van der Waals surface area (Å²) < 4.78 is 5.11. The molecule has 1 fully saturated rings. The Balaban J connectivity index is 2.37. The number of amides is 1. The topological polar surface area (TPSA) is 53.3 Å². The first-order valence-corrected chi connectivity index (χ1v) is 6.98. The first-order chi connectivity index (χ1) is 9.56. The zero-order valence-corrected chi connectivity index (χ0v) is 12.4. The third-order valence-electron chi connectivity index (χ3n) is 3.48. The number of carbonyl (C=O) groups is 1. The Morgan fingerprint density at radius 1 is 1.60 bits per heavy atom. The van der Waals surface area contributed by atoms with Crippen molar-refractivity contribution in [2.75, 3.05) is 18.6 Å². The molecule has 0 unspecified atom stereocenters. The molecule has 0 spiro atoms. The van der Waals surface area contributed by atoms with Gasteiger partial charge in [-0.3, -0.25) is 4.79 Å². The largest absolute Gasteiger partial charge is 0.372 e. The summed E-state index contributed by atoms with van der Waals surface area (Å²) in [6.45, 7) is 2.32. The van der Waals surface area contributed by atoms with Crippen molar-refractivity contribution in [2.45, 2.75) is 25.9 Å². The molecule has 1 aliphatic rings. The standard InChI is InChI=1S/C15H17ClN2O2/c1-10(20-2)15(19)18(9-11-3-4-11)14-7-13(16)6-5-12(14)8-17/h5-7,10-11H,3-4,9H2,1-2H3/t10-/m0/s1. The number of benzene rings is 1. The second-order valence-corrected chi connectivity index (χ2v) is 5.48. The smallest absolute Gasteiger partial charge is 0.255 e. The maximum absolute atomic E-state index is 12.5. The lowest BCUT2D eigenvalue weighted by molar-refractivity contribution is -0.127. The fourth-order valence-electron chi connectivity index (χ4n) is 2.01. The van der Waals surface area contributed by atoms with Gasteiger partial charge < -0.3 is 9.64 Å². The Morgan fingerprint density at radius 2 is 2.30 bits per heavy atom. The van der Waals surface area contributed by atoms with Crippen LogP contribution in [0.25, 0.3) is 0 Å². The summed E-state index contributed by atoms with van der Waals surface area (Å²) in [5.74, 6) is 0.367. The van der Waals surface area contributed by atoms with Crippen LogP contribution in [0.3, 0.4) is 0 Å². The van der Waals surface area contributed by atoms with Crippen LogP contribution in [0, 0.1) is 17.2 Å². The summed E-state index contributed by atoms with van der Waals surface area (Å²) >= 11 is 6.01. The Hall–Kier alpha value is -1.57. The molecule has 1 aromatic rings. The van der Waals surface area contributed by atoms with Gasteiger partial charge in [0.05, 0.1) is 11.3 Å². The SMILES string of the molecule is CO[C@@H](C)C(=O)N(CC1CC1)c1cc(Cl)ccc1C#N. The van der Waals surface area contributed by atoms with Crippen molar-refractivity contribution in [3.8, 4) is 6.07 Å². The normalized spacial score (nSPS) is 15.5. The lowest BCUT2D eigenvalue weighted by Crippen LogP contribution is -2.40. The quantitative estimate of drug-likeness (QED) is 0.838. The van der Waals surface area contributed by atoms with E-state index in [1.807, 2.05) is 0 Å². The summed E-state index contributed by atoms with van der Waals surface area (Å²) in [4.78, 5) is 14.1. The van der Waals surface area contributed by atoms with Crippen LogP contribution in [0.2, 0.25) is 5.02 Å². The van der Waals surface area contributed by atoms with Crippen LogP contribution in [0.5, 0.6) is 0 Å². The first kappa shape index (κ1) is 14.8. The molecule has 106 valence electrons. The number of hydrogen-bond acceptors (Lipinski definition) is 3. The molecule has 0 aliphatic heterocycles. The maximum Gasteiger partial charge on any atom is 0.255 e. The Bertz CT molecular complexity index is 549. The molecule has 0 radical (unpaired) electrons. The highest BCUT2D eigenvalue weighted by Gasteiger charge is 2.31. The molecule has 20 heavy (non-hydrogen) atoms. The molecular weight excluding hydrogens is 276 g/mol. The number of rotatable bonds is 5. The van der Waals surface area contributed by atoms with E-state index in [2.05, 4.69) is 6.07 Å². The van der Waals surface area contributed by atoms with Crippen LogP contribution in [-0.4, -0.2) is 25.7 Å². The minimum absolute atomic E-state index is 0.141. The fraction of sp³-hybridized carbons (Fsp3) is 0.467. The summed E-state index contributed by atoms with van der Waals surface area (Å²) in [7, 11) is 1.50. The highest BCUT2D eigenvalue weighted by molar-refractivity contribution is 6.31. The van der Waals surface area contributed by atoms with E-state index >= 15 is 0 Å². The highest BCUT2D eigenvalue weighted by Crippen LogP contribution is 2.33. The van der Waals surface area contributed by atoms with Crippen LogP contribution >= 0.6 is 11.6 Å². The molecule has 1 amide bonds. The van der Waals surface area contributed by atoms with Crippen molar-refractivity contribution >= 4 is 23.2 Å². The second-order valence-electron chi connectivity index (χ2n) is 5.04. The highest BCUT2D eigenvalue weighted by atomic mass is 35.5. The molecule has 0 N–H and O–H groups in total. The number of hydrogen-bond donors (Lipinski definition) is 0. The number of nitrogens with zero attached hydrogens (tertiary/aromatic N) is 2. The van der Waals surface area contributed by atoms with E-state index in [4.69, 9.17) is 16.3 Å². The van der Waals surface area contributed by atoms with Gasteiger partial charge in [0.1, 0.15) is 12.2 Å². The molecule has 0 heterocycles. The van der Waals surface area contributed by atoms with Crippen molar-refractivity contribution in [3.05, 3.63) is 28.8 Å². The molecule has 0 saturated heterocycles. The average molecular weight is 293 g/mol. The Morgan fingerprint density at radius 3 is 2.85 bits per heavy atom. The van der Waals surface area contributed by atoms with Crippen molar-refractivity contribution in [1.82, 2.24) is 0 Å². The van der Waals surface area contributed by atoms with Crippen LogP contribution in [0.15, 0.2) is 18.2 Å². The molecule has 1 saturated carbocycles. The lowest BCUT2D eigenvalue weighted by Gasteiger charge is -2.26. The third-order valence-corrected chi connectivity index (χ3v) is 3.71. The van der Waals surface area contributed by atoms with E-state index in [9.17, 15) is 10.1 Å². The monoisotopic (exact) mass is 292 g/mol. The number of ether oxygens (including phenoxy) is 1. The fourth-order valence-corrected chi connectivity index (χ4v) is 2.17. The van der Waals surface area contributed by atoms with Gasteiger partial charge in [-0.25, -0.2) is 0 Å². The molecule has 1 aromatic carbocycles. The van der Waals surface area contributed by atoms with Gasteiger partial charge in [-0.1, -0.05) is 11.6 Å². The Labute approximate surface area is 123 Å². The molecular formula is C15H17ClN2O2. The summed E-state index contributed by atoms with van der Waals surface area (Å²) in [5.41, 5.74) is 1.02. The first-order valence-electron chi connectivity index (χ1n) is 6.60. The number of halogens is 1. The molecule has 0 aromatic heterocycles. The lowest BCUT2D eigenvalue weighted by atomic mass is 10.1. The van der Waals surface area contributed by atoms with Crippen LogP contribution < -0.4 is 4.90 Å². The van der Waals surface area contributed by atoms with Crippen molar-refractivity contribution < 1.29 is 9.53 Å². The van der Waals surface area contributed by atoms with Gasteiger partial charge in [-0.05, 0) is 43.9 Å². The number of carbonyl (C=O) groups excluding carboxylic acids is 1. The van der Waals surface area contributed by atoms with Gasteiger partial charge in [-0.15, -0.1) is 0 Å². The van der Waals surface area contributed by atoms with E-state index < -0.39 is 6.10 Å². The second kappa shape index (κ2) is 6.25. The van der Waals surface area contributed by atoms with Gasteiger partial charge in [0.25, 0.3) is 5.91 Å². The molecule has 4 nitrogen and oxygen atoms in total. The number of methoxy groups -OCH3 is 1. The van der Waals surface area contributed by atoms with Crippen LogP contribution in [-0.2, 0) is 9.53 Å². The van der Waals surface area contributed by atoms with E-state index in [0.29, 0.717) is 28.7 Å². The zero-order chi connectivity index (χ0) is 14.7. The van der Waals surface area contributed by atoms with E-state index in [0.717, 1.165) is 12.8 Å². The Kier molecular flexibility index (Phi) is 4.64. The van der Waals surface area contributed by atoms with Crippen molar-refractivity contribution in [1.29, 1.82) is 5.26 Å². The molecule has 1 aliphatic carbocycles. The maximum atomic E-state index is 12.5. The van der Waals surface area contributed by atoms with Gasteiger partial charge in [0.2, 0.25) is 0 Å². The van der Waals surface area contributed by atoms with Gasteiger partial charge in [0.15, 0.2) is 0 Å². The van der Waals surface area contributed by atoms with Crippen LogP contribution in [0.4, 0.5) is 5.69 Å². The minimum atomic E-state index is -0.542. The summed E-state index contributed by atoms with van der Waals surface area (Å²) in [5, 5.41) is 9.73. The van der Waals surface area contributed by atoms with Gasteiger partial charge in [0, 0.05) is 18.7 Å². The van der Waals surface area contributed by atoms with Crippen molar-refractivity contribution in [2.24, 2.45) is 5.92 Å². The molecule has 0 bridgehead atoms. The van der Waals surface area contributed by atoms with E-state index in [-0.39, 0.29) is 5.91 Å². The minimum Gasteiger partial charge on any atom is -0.372 e. The predicted octanol–water partition coefficient (Wildman–Crippen LogP) is 2.99.